The Kier molecular flexibility index (Phi) is 1.83. The fourth-order valence-electron chi connectivity index (χ4n) is 1.73. The number of aliphatic imine (C=N–C) groups is 1. The number of aromatic nitrogens is 1. The molecular weight excluding hydrogens is 204 g/mol. The van der Waals surface area contributed by atoms with Crippen LogP contribution in [0, 0.1) is 0 Å². The first-order valence-corrected chi connectivity index (χ1v) is 4.82. The fraction of sp³-hybridized carbons (Fsp3) is 0. The van der Waals surface area contributed by atoms with Crippen molar-refractivity contribution < 1.29 is 0 Å². The second-order valence-electron chi connectivity index (χ2n) is 3.41. The van der Waals surface area contributed by atoms with Crippen LogP contribution in [0.25, 0.3) is 10.9 Å². The van der Waals surface area contributed by atoms with E-state index in [1.165, 1.54) is 12.6 Å². The zero-order valence-electron chi connectivity index (χ0n) is 8.27. The minimum Gasteiger partial charge on any atom is -0.321 e. The smallest absolute Gasteiger partial charge is 0.259 e. The predicted molar refractivity (Wildman–Crippen MR) is 63.5 cm³/mol. The maximum atomic E-state index is 11.8. The third kappa shape index (κ3) is 1.22. The summed E-state index contributed by atoms with van der Waals surface area (Å²) in [6, 6.07) is 7.55. The summed E-state index contributed by atoms with van der Waals surface area (Å²) in [4.78, 5) is 18.8. The minimum absolute atomic E-state index is 0.182. The summed E-state index contributed by atoms with van der Waals surface area (Å²) in [6.45, 7) is 0. The lowest BCUT2D eigenvalue weighted by Gasteiger charge is -2.03. The standard InChI is InChI=1S/C11H8N4O/c16-11-8-5-13-14-6-12-10(8)7-3-1-2-4-9(7)15-11/h1-6H,(H,12,14)(H,15,16). The number of nitrogens with zero attached hydrogens (tertiary/aromatic N) is 2. The summed E-state index contributed by atoms with van der Waals surface area (Å²) in [5.74, 6) is 0. The maximum absolute atomic E-state index is 11.8. The number of para-hydroxylation sites is 1. The number of benzene rings is 1. The summed E-state index contributed by atoms with van der Waals surface area (Å²) in [5, 5.41) is 4.74. The molecule has 1 aliphatic rings. The number of hydrazone groups is 1. The molecule has 3 rings (SSSR count). The molecule has 0 spiro atoms. The summed E-state index contributed by atoms with van der Waals surface area (Å²) < 4.78 is 0. The zero-order chi connectivity index (χ0) is 11.0. The highest BCUT2D eigenvalue weighted by Crippen LogP contribution is 2.25. The van der Waals surface area contributed by atoms with Crippen LogP contribution in [0.2, 0.25) is 0 Å². The highest BCUT2D eigenvalue weighted by atomic mass is 16.1. The third-order valence-electron chi connectivity index (χ3n) is 2.45. The molecule has 0 atom stereocenters. The van der Waals surface area contributed by atoms with Gasteiger partial charge >= 0.3 is 0 Å². The molecule has 0 bridgehead atoms. The topological polar surface area (TPSA) is 69.6 Å². The van der Waals surface area contributed by atoms with Crippen LogP contribution in [0.15, 0.2) is 39.2 Å². The van der Waals surface area contributed by atoms with Crippen molar-refractivity contribution in [1.29, 1.82) is 0 Å². The molecule has 0 saturated heterocycles. The molecule has 2 N–H and O–H groups in total. The lowest BCUT2D eigenvalue weighted by Crippen LogP contribution is -2.12. The molecule has 0 radical (unpaired) electrons. The molecule has 5 nitrogen and oxygen atoms in total. The van der Waals surface area contributed by atoms with Gasteiger partial charge in [0.2, 0.25) is 0 Å². The van der Waals surface area contributed by atoms with Crippen molar-refractivity contribution in [2.45, 2.75) is 0 Å². The molecule has 0 saturated carbocycles. The average molecular weight is 212 g/mol. The number of nitrogens with one attached hydrogen (secondary N) is 2. The van der Waals surface area contributed by atoms with E-state index in [9.17, 15) is 4.79 Å². The molecule has 78 valence electrons. The van der Waals surface area contributed by atoms with Crippen LogP contribution < -0.4 is 11.0 Å². The van der Waals surface area contributed by atoms with Gasteiger partial charge in [-0.15, -0.1) is 0 Å². The van der Waals surface area contributed by atoms with E-state index in [4.69, 9.17) is 0 Å². The molecular formula is C11H8N4O. The van der Waals surface area contributed by atoms with Crippen LogP contribution in [-0.4, -0.2) is 17.5 Å². The van der Waals surface area contributed by atoms with Crippen LogP contribution in [0.5, 0.6) is 0 Å². The average Bonchev–Trinajstić information content (AvgIpc) is 2.55. The first kappa shape index (κ1) is 8.84. The van der Waals surface area contributed by atoms with Crippen molar-refractivity contribution >= 4 is 29.1 Å². The molecule has 5 heteroatoms. The number of aromatic amines is 1. The van der Waals surface area contributed by atoms with Crippen molar-refractivity contribution in [3.63, 3.8) is 0 Å². The number of H-pyrrole nitrogens is 1. The number of hydrogen-bond donors (Lipinski definition) is 2. The van der Waals surface area contributed by atoms with Crippen molar-refractivity contribution in [2.75, 3.05) is 0 Å². The highest BCUT2D eigenvalue weighted by Gasteiger charge is 2.10. The molecule has 1 aliphatic heterocycles. The molecule has 0 aliphatic carbocycles. The van der Waals surface area contributed by atoms with Gasteiger partial charge < -0.3 is 4.98 Å². The van der Waals surface area contributed by atoms with E-state index in [-0.39, 0.29) is 5.56 Å². The van der Waals surface area contributed by atoms with E-state index in [1.54, 1.807) is 0 Å². The van der Waals surface area contributed by atoms with E-state index in [0.29, 0.717) is 11.3 Å². The second-order valence-corrected chi connectivity index (χ2v) is 3.41. The maximum Gasteiger partial charge on any atom is 0.259 e. The number of hydrogen-bond acceptors (Lipinski definition) is 4. The van der Waals surface area contributed by atoms with Gasteiger partial charge in [0.1, 0.15) is 6.34 Å². The van der Waals surface area contributed by atoms with Crippen LogP contribution in [-0.2, 0) is 0 Å². The molecule has 2 heterocycles. The van der Waals surface area contributed by atoms with Gasteiger partial charge in [-0.05, 0) is 6.07 Å². The number of pyridine rings is 1. The predicted octanol–water partition coefficient (Wildman–Crippen LogP) is 1.12. The Balaban J connectivity index is 2.52. The number of rotatable bonds is 0. The molecule has 1 aromatic heterocycles. The van der Waals surface area contributed by atoms with E-state index in [2.05, 4.69) is 20.5 Å². The van der Waals surface area contributed by atoms with Crippen molar-refractivity contribution in [1.82, 2.24) is 10.4 Å². The molecule has 0 fully saturated rings. The normalized spacial score (nSPS) is 13.2. The SMILES string of the molecule is O=c1[nH]c2ccccc2c2c1C=NNC=N2. The van der Waals surface area contributed by atoms with E-state index in [0.717, 1.165) is 10.9 Å². The van der Waals surface area contributed by atoms with Crippen molar-refractivity contribution in [3.05, 3.63) is 40.2 Å². The Morgan fingerprint density at radius 2 is 2.06 bits per heavy atom. The quantitative estimate of drug-likeness (QED) is 0.687. The third-order valence-corrected chi connectivity index (χ3v) is 2.45. The van der Waals surface area contributed by atoms with Gasteiger partial charge in [0.15, 0.2) is 0 Å². The Hall–Kier alpha value is -2.43. The van der Waals surface area contributed by atoms with Gasteiger partial charge in [-0.1, -0.05) is 18.2 Å². The largest absolute Gasteiger partial charge is 0.321 e. The Bertz CT molecular complexity index is 669. The molecule has 0 unspecified atom stereocenters. The molecule has 2 aromatic rings. The Morgan fingerprint density at radius 3 is 3.00 bits per heavy atom. The highest BCUT2D eigenvalue weighted by molar-refractivity contribution is 6.01. The van der Waals surface area contributed by atoms with Gasteiger partial charge in [0.25, 0.3) is 5.56 Å². The Labute approximate surface area is 90.5 Å². The van der Waals surface area contributed by atoms with E-state index < -0.39 is 0 Å². The van der Waals surface area contributed by atoms with Crippen molar-refractivity contribution in [2.24, 2.45) is 10.1 Å². The second kappa shape index (κ2) is 3.30. The lowest BCUT2D eigenvalue weighted by atomic mass is 10.1. The fourth-order valence-corrected chi connectivity index (χ4v) is 1.73. The van der Waals surface area contributed by atoms with Crippen LogP contribution >= 0.6 is 0 Å². The van der Waals surface area contributed by atoms with E-state index in [1.807, 2.05) is 24.3 Å². The van der Waals surface area contributed by atoms with Gasteiger partial charge in [-0.2, -0.15) is 5.10 Å². The summed E-state index contributed by atoms with van der Waals surface area (Å²) in [7, 11) is 0. The summed E-state index contributed by atoms with van der Waals surface area (Å²) in [6.07, 6.45) is 2.95. The van der Waals surface area contributed by atoms with Crippen molar-refractivity contribution in [3.8, 4) is 0 Å². The monoisotopic (exact) mass is 212 g/mol. The van der Waals surface area contributed by atoms with Crippen LogP contribution in [0.4, 0.5) is 5.69 Å². The summed E-state index contributed by atoms with van der Waals surface area (Å²) >= 11 is 0. The Morgan fingerprint density at radius 1 is 1.19 bits per heavy atom. The first-order chi connectivity index (χ1) is 7.86. The van der Waals surface area contributed by atoms with Crippen LogP contribution in [0.3, 0.4) is 0 Å². The molecule has 16 heavy (non-hydrogen) atoms. The van der Waals surface area contributed by atoms with Gasteiger partial charge in [0, 0.05) is 5.39 Å². The number of fused-ring (bicyclic) bond motifs is 3. The van der Waals surface area contributed by atoms with E-state index >= 15 is 0 Å². The summed E-state index contributed by atoms with van der Waals surface area (Å²) in [5.41, 5.74) is 4.32. The van der Waals surface area contributed by atoms with Gasteiger partial charge in [0.05, 0.1) is 23.0 Å². The minimum atomic E-state index is -0.182. The zero-order valence-corrected chi connectivity index (χ0v) is 8.27. The molecule has 1 aromatic carbocycles. The lowest BCUT2D eigenvalue weighted by molar-refractivity contribution is 1.07. The van der Waals surface area contributed by atoms with Gasteiger partial charge in [-0.3, -0.25) is 10.2 Å². The van der Waals surface area contributed by atoms with Crippen LogP contribution in [0.1, 0.15) is 5.56 Å². The van der Waals surface area contributed by atoms with Gasteiger partial charge in [-0.25, -0.2) is 4.99 Å². The first-order valence-electron chi connectivity index (χ1n) is 4.82. The molecule has 0 amide bonds.